The standard InChI is InChI=1S/C21H20F4N2O/c1-2-5-16-15(7-4-11-26)6-3-8-19(16)27-20(28)13-14-9-10-17(18(22)12-14)21(23,24)25/h3,6,8-10,12H,2,4-5,7,13H2,1H3,(H,27,28). The molecule has 0 aliphatic rings. The minimum Gasteiger partial charge on any atom is -0.326 e. The van der Waals surface area contributed by atoms with E-state index in [0.717, 1.165) is 29.7 Å². The summed E-state index contributed by atoms with van der Waals surface area (Å²) in [6.45, 7) is 2.00. The van der Waals surface area contributed by atoms with Crippen LogP contribution in [0.5, 0.6) is 0 Å². The fourth-order valence-corrected chi connectivity index (χ4v) is 3.00. The molecule has 1 amide bonds. The Balaban J connectivity index is 2.17. The van der Waals surface area contributed by atoms with Crippen molar-refractivity contribution in [2.24, 2.45) is 0 Å². The van der Waals surface area contributed by atoms with Crippen LogP contribution in [-0.2, 0) is 30.2 Å². The van der Waals surface area contributed by atoms with Gasteiger partial charge in [-0.25, -0.2) is 4.39 Å². The molecule has 148 valence electrons. The summed E-state index contributed by atoms with van der Waals surface area (Å²) in [5.74, 6) is -1.85. The SMILES string of the molecule is CCCc1c(CCC#N)cccc1NC(=O)Cc1ccc(C(F)(F)F)c(F)c1. The predicted molar refractivity (Wildman–Crippen MR) is 98.1 cm³/mol. The average Bonchev–Trinajstić information content (AvgIpc) is 2.61. The molecule has 0 unspecified atom stereocenters. The molecular formula is C21H20F4N2O. The number of anilines is 1. The van der Waals surface area contributed by atoms with Crippen molar-refractivity contribution in [3.63, 3.8) is 0 Å². The first-order valence-corrected chi connectivity index (χ1v) is 8.89. The summed E-state index contributed by atoms with van der Waals surface area (Å²) in [5.41, 5.74) is 1.32. The summed E-state index contributed by atoms with van der Waals surface area (Å²) in [6.07, 6.45) is -2.53. The molecule has 7 heteroatoms. The Hall–Kier alpha value is -2.88. The number of rotatable bonds is 7. The van der Waals surface area contributed by atoms with E-state index in [0.29, 0.717) is 31.0 Å². The third-order valence-corrected chi connectivity index (χ3v) is 4.26. The van der Waals surface area contributed by atoms with E-state index in [9.17, 15) is 22.4 Å². The number of carbonyl (C=O) groups is 1. The molecular weight excluding hydrogens is 372 g/mol. The molecule has 0 spiro atoms. The Morgan fingerprint density at radius 1 is 1.18 bits per heavy atom. The van der Waals surface area contributed by atoms with Crippen molar-refractivity contribution in [1.82, 2.24) is 0 Å². The van der Waals surface area contributed by atoms with E-state index in [-0.39, 0.29) is 12.0 Å². The van der Waals surface area contributed by atoms with Crippen molar-refractivity contribution < 1.29 is 22.4 Å². The molecule has 0 bridgehead atoms. The minimum atomic E-state index is -4.77. The van der Waals surface area contributed by atoms with E-state index in [2.05, 4.69) is 11.4 Å². The van der Waals surface area contributed by atoms with Crippen molar-refractivity contribution >= 4 is 11.6 Å². The first-order chi connectivity index (χ1) is 13.3. The maximum atomic E-state index is 13.7. The number of hydrogen-bond donors (Lipinski definition) is 1. The summed E-state index contributed by atoms with van der Waals surface area (Å²) in [5, 5.41) is 11.6. The summed E-state index contributed by atoms with van der Waals surface area (Å²) >= 11 is 0. The second-order valence-corrected chi connectivity index (χ2v) is 6.39. The van der Waals surface area contributed by atoms with Crippen LogP contribution in [0.4, 0.5) is 23.2 Å². The lowest BCUT2D eigenvalue weighted by Gasteiger charge is -2.15. The summed E-state index contributed by atoms with van der Waals surface area (Å²) in [6, 6.07) is 10.00. The number of nitrogens with zero attached hydrogens (tertiary/aromatic N) is 1. The lowest BCUT2D eigenvalue weighted by molar-refractivity contribution is -0.140. The highest BCUT2D eigenvalue weighted by Gasteiger charge is 2.33. The van der Waals surface area contributed by atoms with Gasteiger partial charge < -0.3 is 5.32 Å². The fourth-order valence-electron chi connectivity index (χ4n) is 3.00. The van der Waals surface area contributed by atoms with Gasteiger partial charge in [0, 0.05) is 12.1 Å². The van der Waals surface area contributed by atoms with Crippen LogP contribution >= 0.6 is 0 Å². The molecule has 0 aromatic heterocycles. The van der Waals surface area contributed by atoms with Crippen LogP contribution in [0.25, 0.3) is 0 Å². The number of hydrogen-bond acceptors (Lipinski definition) is 2. The van der Waals surface area contributed by atoms with Gasteiger partial charge >= 0.3 is 6.18 Å². The maximum absolute atomic E-state index is 13.7. The van der Waals surface area contributed by atoms with E-state index in [1.165, 1.54) is 0 Å². The number of aryl methyl sites for hydroxylation is 1. The summed E-state index contributed by atoms with van der Waals surface area (Å²) in [7, 11) is 0. The quantitative estimate of drug-likeness (QED) is 0.639. The van der Waals surface area contributed by atoms with Gasteiger partial charge in [0.15, 0.2) is 0 Å². The van der Waals surface area contributed by atoms with Crippen LogP contribution in [0.1, 0.15) is 42.0 Å². The molecule has 0 aliphatic carbocycles. The van der Waals surface area contributed by atoms with Crippen LogP contribution in [0.2, 0.25) is 0 Å². The van der Waals surface area contributed by atoms with Crippen molar-refractivity contribution in [2.45, 2.75) is 45.2 Å². The van der Waals surface area contributed by atoms with Crippen LogP contribution in [0.3, 0.4) is 0 Å². The lowest BCUT2D eigenvalue weighted by atomic mass is 9.97. The number of halogens is 4. The normalized spacial score (nSPS) is 11.1. The zero-order chi connectivity index (χ0) is 20.7. The number of alkyl halides is 3. The van der Waals surface area contributed by atoms with Crippen molar-refractivity contribution in [1.29, 1.82) is 5.26 Å². The van der Waals surface area contributed by atoms with Gasteiger partial charge in [-0.2, -0.15) is 18.4 Å². The molecule has 0 atom stereocenters. The molecule has 2 aromatic rings. The van der Waals surface area contributed by atoms with Crippen molar-refractivity contribution in [2.75, 3.05) is 5.32 Å². The second-order valence-electron chi connectivity index (χ2n) is 6.39. The van der Waals surface area contributed by atoms with Crippen LogP contribution in [0.15, 0.2) is 36.4 Å². The molecule has 2 aromatic carbocycles. The third kappa shape index (κ3) is 5.56. The first-order valence-electron chi connectivity index (χ1n) is 8.89. The number of carbonyl (C=O) groups excluding carboxylic acids is 1. The molecule has 2 rings (SSSR count). The topological polar surface area (TPSA) is 52.9 Å². The van der Waals surface area contributed by atoms with Gasteiger partial charge in [0.05, 0.1) is 18.1 Å². The van der Waals surface area contributed by atoms with Crippen LogP contribution < -0.4 is 5.32 Å². The Kier molecular flexibility index (Phi) is 7.16. The Morgan fingerprint density at radius 3 is 2.54 bits per heavy atom. The fraction of sp³-hybridized carbons (Fsp3) is 0.333. The lowest BCUT2D eigenvalue weighted by Crippen LogP contribution is -2.17. The van der Waals surface area contributed by atoms with Crippen LogP contribution in [-0.4, -0.2) is 5.91 Å². The monoisotopic (exact) mass is 392 g/mol. The molecule has 0 saturated heterocycles. The predicted octanol–water partition coefficient (Wildman–Crippen LogP) is 5.43. The van der Waals surface area contributed by atoms with E-state index >= 15 is 0 Å². The minimum absolute atomic E-state index is 0.153. The van der Waals surface area contributed by atoms with E-state index in [1.54, 1.807) is 12.1 Å². The van der Waals surface area contributed by atoms with E-state index in [4.69, 9.17) is 5.26 Å². The molecule has 28 heavy (non-hydrogen) atoms. The highest BCUT2D eigenvalue weighted by molar-refractivity contribution is 5.93. The van der Waals surface area contributed by atoms with Gasteiger partial charge in [-0.3, -0.25) is 4.79 Å². The highest BCUT2D eigenvalue weighted by atomic mass is 19.4. The molecule has 0 aliphatic heterocycles. The Bertz CT molecular complexity index is 885. The van der Waals surface area contributed by atoms with Gasteiger partial charge in [0.25, 0.3) is 0 Å². The molecule has 0 saturated carbocycles. The molecule has 0 heterocycles. The zero-order valence-electron chi connectivity index (χ0n) is 15.4. The highest BCUT2D eigenvalue weighted by Crippen LogP contribution is 2.31. The molecule has 0 radical (unpaired) electrons. The van der Waals surface area contributed by atoms with Gasteiger partial charge in [-0.1, -0.05) is 31.5 Å². The number of benzene rings is 2. The zero-order valence-corrected chi connectivity index (χ0v) is 15.4. The first kappa shape index (κ1) is 21.4. The van der Waals surface area contributed by atoms with E-state index < -0.39 is 23.5 Å². The smallest absolute Gasteiger partial charge is 0.326 e. The third-order valence-electron chi connectivity index (χ3n) is 4.26. The van der Waals surface area contributed by atoms with Gasteiger partial charge in [0.2, 0.25) is 5.91 Å². The summed E-state index contributed by atoms with van der Waals surface area (Å²) in [4.78, 5) is 12.3. The maximum Gasteiger partial charge on any atom is 0.419 e. The number of amides is 1. The molecule has 0 fully saturated rings. The van der Waals surface area contributed by atoms with Gasteiger partial charge in [-0.15, -0.1) is 0 Å². The Labute approximate surface area is 161 Å². The molecule has 3 nitrogen and oxygen atoms in total. The number of nitrogens with one attached hydrogen (secondary N) is 1. The van der Waals surface area contributed by atoms with Crippen molar-refractivity contribution in [3.8, 4) is 6.07 Å². The van der Waals surface area contributed by atoms with Gasteiger partial charge in [0.1, 0.15) is 5.82 Å². The van der Waals surface area contributed by atoms with E-state index in [1.807, 2.05) is 13.0 Å². The number of nitriles is 1. The van der Waals surface area contributed by atoms with Crippen molar-refractivity contribution in [3.05, 3.63) is 64.5 Å². The van der Waals surface area contributed by atoms with Crippen LogP contribution in [0, 0.1) is 17.1 Å². The second kappa shape index (κ2) is 9.36. The average molecular weight is 392 g/mol. The summed E-state index contributed by atoms with van der Waals surface area (Å²) < 4.78 is 51.6. The van der Waals surface area contributed by atoms with Gasteiger partial charge in [-0.05, 0) is 47.7 Å². The molecule has 1 N–H and O–H groups in total. The Morgan fingerprint density at radius 2 is 1.93 bits per heavy atom. The largest absolute Gasteiger partial charge is 0.419 e.